The molecule has 4 amide bonds. The fourth-order valence-electron chi connectivity index (χ4n) is 4.00. The smallest absolute Gasteiger partial charge is 0.325 e. The van der Waals surface area contributed by atoms with Crippen molar-refractivity contribution in [1.29, 1.82) is 0 Å². The molecule has 3 rings (SSSR count). The van der Waals surface area contributed by atoms with Gasteiger partial charge in [0.05, 0.1) is 0 Å². The van der Waals surface area contributed by atoms with E-state index in [4.69, 9.17) is 0 Å². The Kier molecular flexibility index (Phi) is 5.27. The van der Waals surface area contributed by atoms with E-state index in [0.717, 1.165) is 41.7 Å². The van der Waals surface area contributed by atoms with Crippen LogP contribution in [0.2, 0.25) is 0 Å². The molecule has 0 bridgehead atoms. The second-order valence-corrected chi connectivity index (χ2v) is 8.23. The number of carbonyl (C=O) groups is 3. The molecule has 0 spiro atoms. The molecule has 1 N–H and O–H groups in total. The zero-order chi connectivity index (χ0) is 19.8. The van der Waals surface area contributed by atoms with E-state index in [1.54, 1.807) is 18.9 Å². The van der Waals surface area contributed by atoms with Gasteiger partial charge < -0.3 is 10.2 Å². The molecule has 1 atom stereocenters. The van der Waals surface area contributed by atoms with Crippen LogP contribution >= 0.6 is 0 Å². The Hall–Kier alpha value is -2.37. The number of hydrogen-bond donors (Lipinski definition) is 1. The SMILES string of the molecule is Cc1ccc([C@@]2(C)NC(=O)N(CC(=O)N(C)C3CCC(C)CC3)C2=O)cc1. The average Bonchev–Trinajstić information content (AvgIpc) is 2.86. The Labute approximate surface area is 160 Å². The second-order valence-electron chi connectivity index (χ2n) is 8.23. The summed E-state index contributed by atoms with van der Waals surface area (Å²) in [6, 6.07) is 7.18. The van der Waals surface area contributed by atoms with Crippen LogP contribution in [0.1, 0.15) is 50.7 Å². The fraction of sp³-hybridized carbons (Fsp3) is 0.571. The molecular weight excluding hydrogens is 342 g/mol. The molecular formula is C21H29N3O3. The summed E-state index contributed by atoms with van der Waals surface area (Å²) in [5, 5.41) is 2.76. The molecule has 146 valence electrons. The molecule has 2 aliphatic rings. The highest BCUT2D eigenvalue weighted by Crippen LogP contribution is 2.30. The van der Waals surface area contributed by atoms with Crippen LogP contribution in [0.15, 0.2) is 24.3 Å². The molecule has 1 saturated heterocycles. The highest BCUT2D eigenvalue weighted by Gasteiger charge is 2.49. The first kappa shape index (κ1) is 19.4. The third kappa shape index (κ3) is 3.70. The summed E-state index contributed by atoms with van der Waals surface area (Å²) in [6.07, 6.45) is 4.17. The molecule has 0 radical (unpaired) electrons. The van der Waals surface area contributed by atoms with Crippen molar-refractivity contribution >= 4 is 17.8 Å². The minimum absolute atomic E-state index is 0.189. The maximum absolute atomic E-state index is 13.0. The van der Waals surface area contributed by atoms with Crippen LogP contribution < -0.4 is 5.32 Å². The van der Waals surface area contributed by atoms with Crippen molar-refractivity contribution in [2.45, 2.75) is 58.0 Å². The molecule has 1 aromatic carbocycles. The van der Waals surface area contributed by atoms with Gasteiger partial charge in [0, 0.05) is 13.1 Å². The second kappa shape index (κ2) is 7.33. The van der Waals surface area contributed by atoms with E-state index in [0.29, 0.717) is 5.92 Å². The molecule has 1 aliphatic heterocycles. The first-order valence-electron chi connectivity index (χ1n) is 9.69. The maximum atomic E-state index is 13.0. The van der Waals surface area contributed by atoms with Gasteiger partial charge in [-0.2, -0.15) is 0 Å². The normalized spacial score (nSPS) is 28.2. The Morgan fingerprint density at radius 1 is 1.19 bits per heavy atom. The predicted molar refractivity (Wildman–Crippen MR) is 103 cm³/mol. The Morgan fingerprint density at radius 3 is 2.37 bits per heavy atom. The van der Waals surface area contributed by atoms with Crippen LogP contribution in [0.3, 0.4) is 0 Å². The van der Waals surface area contributed by atoms with Crippen molar-refractivity contribution in [2.75, 3.05) is 13.6 Å². The van der Waals surface area contributed by atoms with Gasteiger partial charge in [0.15, 0.2) is 0 Å². The van der Waals surface area contributed by atoms with Crippen LogP contribution in [-0.2, 0) is 15.1 Å². The third-order valence-corrected chi connectivity index (χ3v) is 6.12. The van der Waals surface area contributed by atoms with Crippen LogP contribution in [0.25, 0.3) is 0 Å². The number of hydrogen-bond acceptors (Lipinski definition) is 3. The highest BCUT2D eigenvalue weighted by atomic mass is 16.2. The third-order valence-electron chi connectivity index (χ3n) is 6.12. The number of carbonyl (C=O) groups excluding carboxylic acids is 3. The topological polar surface area (TPSA) is 69.7 Å². The van der Waals surface area contributed by atoms with Gasteiger partial charge in [-0.3, -0.25) is 14.5 Å². The van der Waals surface area contributed by atoms with E-state index in [1.165, 1.54) is 0 Å². The summed E-state index contributed by atoms with van der Waals surface area (Å²) < 4.78 is 0. The lowest BCUT2D eigenvalue weighted by Crippen LogP contribution is -2.47. The van der Waals surface area contributed by atoms with E-state index >= 15 is 0 Å². The summed E-state index contributed by atoms with van der Waals surface area (Å²) in [7, 11) is 1.78. The van der Waals surface area contributed by atoms with Gasteiger partial charge in [-0.1, -0.05) is 36.8 Å². The largest absolute Gasteiger partial charge is 0.341 e. The van der Waals surface area contributed by atoms with Crippen molar-refractivity contribution in [3.63, 3.8) is 0 Å². The number of likely N-dealkylation sites (N-methyl/N-ethyl adjacent to an activating group) is 1. The van der Waals surface area contributed by atoms with Crippen LogP contribution in [-0.4, -0.2) is 47.3 Å². The molecule has 1 heterocycles. The summed E-state index contributed by atoms with van der Waals surface area (Å²) in [4.78, 5) is 40.9. The van der Waals surface area contributed by atoms with E-state index in [2.05, 4.69) is 12.2 Å². The summed E-state index contributed by atoms with van der Waals surface area (Å²) in [5.41, 5.74) is 0.662. The number of imide groups is 1. The molecule has 0 unspecified atom stereocenters. The molecule has 2 fully saturated rings. The lowest BCUT2D eigenvalue weighted by Gasteiger charge is -2.34. The molecule has 1 aliphatic carbocycles. The maximum Gasteiger partial charge on any atom is 0.325 e. The standard InChI is InChI=1S/C21H29N3O3/c1-14-5-9-16(10-6-14)21(3)19(26)24(20(27)22-21)13-18(25)23(4)17-11-7-15(2)8-12-17/h5-6,9-10,15,17H,7-8,11-13H2,1-4H3,(H,22,27)/t15?,17?,21-/m1/s1. The molecule has 6 nitrogen and oxygen atoms in total. The number of amides is 4. The number of urea groups is 1. The number of nitrogens with zero attached hydrogens (tertiary/aromatic N) is 2. The molecule has 1 aromatic rings. The predicted octanol–water partition coefficient (Wildman–Crippen LogP) is 2.80. The molecule has 1 saturated carbocycles. The van der Waals surface area contributed by atoms with E-state index in [9.17, 15) is 14.4 Å². The van der Waals surface area contributed by atoms with E-state index in [-0.39, 0.29) is 24.4 Å². The van der Waals surface area contributed by atoms with Gasteiger partial charge in [-0.25, -0.2) is 4.79 Å². The molecule has 27 heavy (non-hydrogen) atoms. The first-order chi connectivity index (χ1) is 12.7. The monoisotopic (exact) mass is 371 g/mol. The fourth-order valence-corrected chi connectivity index (χ4v) is 4.00. The van der Waals surface area contributed by atoms with Crippen molar-refractivity contribution in [1.82, 2.24) is 15.1 Å². The van der Waals surface area contributed by atoms with Crippen LogP contribution in [0.4, 0.5) is 4.79 Å². The van der Waals surface area contributed by atoms with E-state index in [1.807, 2.05) is 31.2 Å². The van der Waals surface area contributed by atoms with Crippen LogP contribution in [0, 0.1) is 12.8 Å². The quantitative estimate of drug-likeness (QED) is 0.828. The lowest BCUT2D eigenvalue weighted by atomic mass is 9.87. The number of benzene rings is 1. The summed E-state index contributed by atoms with van der Waals surface area (Å²) in [5.74, 6) is 0.132. The lowest BCUT2D eigenvalue weighted by molar-refractivity contribution is -0.139. The highest BCUT2D eigenvalue weighted by molar-refractivity contribution is 6.09. The van der Waals surface area contributed by atoms with Gasteiger partial charge >= 0.3 is 6.03 Å². The minimum atomic E-state index is -1.14. The van der Waals surface area contributed by atoms with Crippen molar-refractivity contribution in [3.8, 4) is 0 Å². The van der Waals surface area contributed by atoms with E-state index < -0.39 is 11.6 Å². The zero-order valence-electron chi connectivity index (χ0n) is 16.6. The van der Waals surface area contributed by atoms with Gasteiger partial charge in [0.25, 0.3) is 5.91 Å². The van der Waals surface area contributed by atoms with Gasteiger partial charge in [0.1, 0.15) is 12.1 Å². The number of rotatable bonds is 4. The van der Waals surface area contributed by atoms with Crippen LogP contribution in [0.5, 0.6) is 0 Å². The van der Waals surface area contributed by atoms with Gasteiger partial charge in [-0.05, 0) is 51.0 Å². The Bertz CT molecular complexity index is 738. The first-order valence-corrected chi connectivity index (χ1v) is 9.69. The van der Waals surface area contributed by atoms with Gasteiger partial charge in [-0.15, -0.1) is 0 Å². The Balaban J connectivity index is 1.70. The minimum Gasteiger partial charge on any atom is -0.341 e. The summed E-state index contributed by atoms with van der Waals surface area (Å²) >= 11 is 0. The summed E-state index contributed by atoms with van der Waals surface area (Å²) in [6.45, 7) is 5.68. The molecule has 0 aromatic heterocycles. The van der Waals surface area contributed by atoms with Crippen molar-refractivity contribution in [3.05, 3.63) is 35.4 Å². The number of aryl methyl sites for hydroxylation is 1. The zero-order valence-corrected chi connectivity index (χ0v) is 16.6. The van der Waals surface area contributed by atoms with Crippen molar-refractivity contribution < 1.29 is 14.4 Å². The average molecular weight is 371 g/mol. The number of nitrogens with one attached hydrogen (secondary N) is 1. The molecule has 6 heteroatoms. The van der Waals surface area contributed by atoms with Crippen molar-refractivity contribution in [2.24, 2.45) is 5.92 Å². The Morgan fingerprint density at radius 2 is 1.78 bits per heavy atom. The van der Waals surface area contributed by atoms with Gasteiger partial charge in [0.2, 0.25) is 5.91 Å².